The highest BCUT2D eigenvalue weighted by molar-refractivity contribution is 9.10. The molecule has 0 radical (unpaired) electrons. The molecule has 1 fully saturated rings. The first kappa shape index (κ1) is 29.3. The minimum absolute atomic E-state index is 0.0880. The molecule has 9 nitrogen and oxygen atoms in total. The third-order valence-electron chi connectivity index (χ3n) is 5.56. The lowest BCUT2D eigenvalue weighted by Crippen LogP contribution is -2.32. The highest BCUT2D eigenvalue weighted by atomic mass is 79.9. The van der Waals surface area contributed by atoms with E-state index in [4.69, 9.17) is 30.5 Å². The van der Waals surface area contributed by atoms with Crippen molar-refractivity contribution in [2.45, 2.75) is 0 Å². The molecular formula is C28H24BrClN2O7S. The zero-order valence-electron chi connectivity index (χ0n) is 21.4. The van der Waals surface area contributed by atoms with Gasteiger partial charge in [0.25, 0.3) is 17.1 Å². The maximum atomic E-state index is 12.9. The van der Waals surface area contributed by atoms with Crippen LogP contribution < -0.4 is 24.3 Å². The van der Waals surface area contributed by atoms with Crippen molar-refractivity contribution in [1.82, 2.24) is 4.90 Å². The van der Waals surface area contributed by atoms with Crippen LogP contribution in [0.4, 0.5) is 10.5 Å². The summed E-state index contributed by atoms with van der Waals surface area (Å²) in [6.45, 7) is -0.0577. The summed E-state index contributed by atoms with van der Waals surface area (Å²) in [5.74, 6) is 0.989. The molecule has 3 aromatic rings. The molecule has 3 amide bonds. The van der Waals surface area contributed by atoms with Gasteiger partial charge in [-0.3, -0.25) is 19.3 Å². The molecule has 12 heteroatoms. The van der Waals surface area contributed by atoms with Crippen molar-refractivity contribution in [2.24, 2.45) is 0 Å². The third kappa shape index (κ3) is 7.29. The van der Waals surface area contributed by atoms with Crippen LogP contribution in [0.25, 0.3) is 6.08 Å². The summed E-state index contributed by atoms with van der Waals surface area (Å²) in [6.07, 6.45) is 1.60. The summed E-state index contributed by atoms with van der Waals surface area (Å²) >= 11 is 10.2. The van der Waals surface area contributed by atoms with Crippen molar-refractivity contribution >= 4 is 68.1 Å². The van der Waals surface area contributed by atoms with Crippen LogP contribution in [0.1, 0.15) is 5.56 Å². The number of thioether (sulfide) groups is 1. The largest absolute Gasteiger partial charge is 0.493 e. The van der Waals surface area contributed by atoms with Gasteiger partial charge in [-0.15, -0.1) is 0 Å². The van der Waals surface area contributed by atoms with E-state index in [-0.39, 0.29) is 35.8 Å². The lowest BCUT2D eigenvalue weighted by atomic mass is 10.2. The second kappa shape index (κ2) is 13.6. The van der Waals surface area contributed by atoms with Crippen LogP contribution in [0, 0.1) is 0 Å². The summed E-state index contributed by atoms with van der Waals surface area (Å²) in [5, 5.41) is 2.79. The smallest absolute Gasteiger partial charge is 0.293 e. The minimum atomic E-state index is -0.414. The average molecular weight is 648 g/mol. The van der Waals surface area contributed by atoms with Gasteiger partial charge in [0.15, 0.2) is 29.6 Å². The first-order valence-electron chi connectivity index (χ1n) is 11.9. The molecule has 0 aliphatic carbocycles. The highest BCUT2D eigenvalue weighted by Gasteiger charge is 2.35. The van der Waals surface area contributed by atoms with Crippen LogP contribution in [0.5, 0.6) is 23.0 Å². The molecule has 1 aliphatic rings. The standard InChI is InChI=1S/C28H24BrClN2O7S/c1-36-21-5-3-4-6-22(21)38-12-11-32-27(34)25(40-28(32)35)14-17-7-10-23(24(13-17)37-2)39-16-26(33)31-18-8-9-19(29)20(30)15-18/h3-10,13-15H,11-12,16H2,1-2H3,(H,31,33)/b25-14-. The van der Waals surface area contributed by atoms with E-state index in [0.717, 1.165) is 21.1 Å². The van der Waals surface area contributed by atoms with Crippen LogP contribution in [0.2, 0.25) is 5.02 Å². The molecule has 208 valence electrons. The van der Waals surface area contributed by atoms with Gasteiger partial charge >= 0.3 is 0 Å². The molecule has 1 N–H and O–H groups in total. The van der Waals surface area contributed by atoms with E-state index in [9.17, 15) is 14.4 Å². The molecule has 1 heterocycles. The van der Waals surface area contributed by atoms with E-state index in [0.29, 0.717) is 39.3 Å². The Hall–Kier alpha value is -3.67. The van der Waals surface area contributed by atoms with E-state index in [1.54, 1.807) is 60.7 Å². The lowest BCUT2D eigenvalue weighted by Gasteiger charge is -2.14. The number of rotatable bonds is 11. The van der Waals surface area contributed by atoms with Gasteiger partial charge in [0.2, 0.25) is 0 Å². The van der Waals surface area contributed by atoms with Crippen LogP contribution in [-0.2, 0) is 9.59 Å². The molecule has 0 unspecified atom stereocenters. The van der Waals surface area contributed by atoms with E-state index in [1.165, 1.54) is 14.2 Å². The zero-order valence-corrected chi connectivity index (χ0v) is 24.6. The summed E-state index contributed by atoms with van der Waals surface area (Å²) in [6, 6.07) is 17.2. The first-order valence-corrected chi connectivity index (χ1v) is 13.8. The molecule has 0 aromatic heterocycles. The Morgan fingerprint density at radius 2 is 1.70 bits per heavy atom. The fraction of sp³-hybridized carbons (Fsp3) is 0.179. The molecule has 0 atom stereocenters. The molecule has 1 aliphatic heterocycles. The number of hydrogen-bond acceptors (Lipinski definition) is 8. The second-order valence-electron chi connectivity index (χ2n) is 8.21. The van der Waals surface area contributed by atoms with Gasteiger partial charge < -0.3 is 24.3 Å². The van der Waals surface area contributed by atoms with E-state index in [2.05, 4.69) is 21.2 Å². The van der Waals surface area contributed by atoms with Crippen LogP contribution in [0.15, 0.2) is 70.0 Å². The molecular weight excluding hydrogens is 624 g/mol. The molecule has 0 bridgehead atoms. The number of anilines is 1. The lowest BCUT2D eigenvalue weighted by molar-refractivity contribution is -0.123. The number of benzene rings is 3. The number of halogens is 2. The van der Waals surface area contributed by atoms with Crippen molar-refractivity contribution in [3.05, 3.63) is 80.6 Å². The average Bonchev–Trinajstić information content (AvgIpc) is 3.21. The van der Waals surface area contributed by atoms with Gasteiger partial charge in [0.05, 0.1) is 30.7 Å². The summed E-state index contributed by atoms with van der Waals surface area (Å²) in [5.41, 5.74) is 1.15. The molecule has 40 heavy (non-hydrogen) atoms. The van der Waals surface area contributed by atoms with Crippen molar-refractivity contribution in [2.75, 3.05) is 39.3 Å². The monoisotopic (exact) mass is 646 g/mol. The van der Waals surface area contributed by atoms with E-state index in [1.807, 2.05) is 6.07 Å². The quantitative estimate of drug-likeness (QED) is 0.244. The predicted molar refractivity (Wildman–Crippen MR) is 157 cm³/mol. The van der Waals surface area contributed by atoms with Gasteiger partial charge in [-0.05, 0) is 81.8 Å². The van der Waals surface area contributed by atoms with Gasteiger partial charge in [-0.1, -0.05) is 29.8 Å². The summed E-state index contributed by atoms with van der Waals surface area (Å²) in [4.78, 5) is 39.1. The van der Waals surface area contributed by atoms with Crippen molar-refractivity contribution in [3.8, 4) is 23.0 Å². The number of ether oxygens (including phenoxy) is 4. The molecule has 0 spiro atoms. The SMILES string of the molecule is COc1ccccc1OCCN1C(=O)S/C(=C\c2ccc(OCC(=O)Nc3ccc(Br)c(Cl)c3)c(OC)c2)C1=O. The normalized spacial score (nSPS) is 13.9. The predicted octanol–water partition coefficient (Wildman–Crippen LogP) is 6.25. The van der Waals surface area contributed by atoms with Crippen molar-refractivity contribution in [1.29, 1.82) is 0 Å². The Balaban J connectivity index is 1.35. The number of hydrogen-bond donors (Lipinski definition) is 1. The highest BCUT2D eigenvalue weighted by Crippen LogP contribution is 2.35. The van der Waals surface area contributed by atoms with Crippen molar-refractivity contribution in [3.63, 3.8) is 0 Å². The Morgan fingerprint density at radius 1 is 0.975 bits per heavy atom. The maximum absolute atomic E-state index is 12.9. The minimum Gasteiger partial charge on any atom is -0.493 e. The Morgan fingerprint density at radius 3 is 2.42 bits per heavy atom. The number of nitrogens with one attached hydrogen (secondary N) is 1. The van der Waals surface area contributed by atoms with E-state index < -0.39 is 5.91 Å². The second-order valence-corrected chi connectivity index (χ2v) is 10.5. The fourth-order valence-corrected chi connectivity index (χ4v) is 4.93. The Labute approximate surface area is 248 Å². The zero-order chi connectivity index (χ0) is 28.6. The summed E-state index contributed by atoms with van der Waals surface area (Å²) in [7, 11) is 3.00. The Kier molecular flexibility index (Phi) is 9.97. The third-order valence-corrected chi connectivity index (χ3v) is 7.70. The molecule has 3 aromatic carbocycles. The van der Waals surface area contributed by atoms with Gasteiger partial charge in [-0.2, -0.15) is 0 Å². The number of amides is 3. The van der Waals surface area contributed by atoms with Crippen LogP contribution in [-0.4, -0.2) is 55.9 Å². The van der Waals surface area contributed by atoms with Crippen LogP contribution >= 0.6 is 39.3 Å². The fourth-order valence-electron chi connectivity index (χ4n) is 3.64. The maximum Gasteiger partial charge on any atom is 0.293 e. The first-order chi connectivity index (χ1) is 19.3. The van der Waals surface area contributed by atoms with Crippen LogP contribution in [0.3, 0.4) is 0 Å². The molecule has 4 rings (SSSR count). The number of methoxy groups -OCH3 is 2. The number of carbonyl (C=O) groups excluding carboxylic acids is 3. The number of carbonyl (C=O) groups is 3. The van der Waals surface area contributed by atoms with Gasteiger partial charge in [0, 0.05) is 10.2 Å². The number of para-hydroxylation sites is 2. The summed E-state index contributed by atoms with van der Waals surface area (Å²) < 4.78 is 22.7. The number of nitrogens with zero attached hydrogens (tertiary/aromatic N) is 1. The molecule has 0 saturated carbocycles. The van der Waals surface area contributed by atoms with E-state index >= 15 is 0 Å². The Bertz CT molecular complexity index is 1470. The molecule has 1 saturated heterocycles. The van der Waals surface area contributed by atoms with Crippen molar-refractivity contribution < 1.29 is 33.3 Å². The number of imide groups is 1. The van der Waals surface area contributed by atoms with Gasteiger partial charge in [0.1, 0.15) is 6.61 Å². The topological polar surface area (TPSA) is 103 Å². The van der Waals surface area contributed by atoms with Gasteiger partial charge in [-0.25, -0.2) is 0 Å².